The smallest absolute Gasteiger partial charge is 0.339 e. The Hall–Kier alpha value is -0.370. The van der Waals surface area contributed by atoms with Crippen molar-refractivity contribution in [3.63, 3.8) is 0 Å². The first-order valence-corrected chi connectivity index (χ1v) is 8.10. The molecule has 0 amide bonds. The van der Waals surface area contributed by atoms with Crippen LogP contribution in [-0.4, -0.2) is 43.2 Å². The third kappa shape index (κ3) is 5.09. The van der Waals surface area contributed by atoms with Gasteiger partial charge in [0, 0.05) is 35.8 Å². The molecule has 0 bridgehead atoms. The first-order chi connectivity index (χ1) is 9.61. The fourth-order valence-electron chi connectivity index (χ4n) is 2.47. The Labute approximate surface area is 146 Å². The second kappa shape index (κ2) is 8.92. The number of nitrogens with zero attached hydrogens (tertiary/aromatic N) is 1. The van der Waals surface area contributed by atoms with Gasteiger partial charge in [0.1, 0.15) is 0 Å². The monoisotopic (exact) mass is 424 g/mol. The minimum Gasteiger partial charge on any atom is -0.462 e. The summed E-state index contributed by atoms with van der Waals surface area (Å²) in [6.45, 7) is 8.44. The topological polar surface area (TPSA) is 41.6 Å². The van der Waals surface area contributed by atoms with Crippen LogP contribution in [0.3, 0.4) is 0 Å². The van der Waals surface area contributed by atoms with Gasteiger partial charge in [0.25, 0.3) is 0 Å². The predicted octanol–water partition coefficient (Wildman–Crippen LogP) is 2.68. The molecular weight excluding hydrogens is 403 g/mol. The fourth-order valence-corrected chi connectivity index (χ4v) is 3.22. The Kier molecular flexibility index (Phi) is 7.94. The number of rotatable bonds is 4. The molecule has 1 aliphatic rings. The first kappa shape index (κ1) is 18.7. The SMILES string of the molecule is CCOC(=O)c1cccc(CN2CCN[C@@H](C)C2)c1I.Cl. The lowest BCUT2D eigenvalue weighted by atomic mass is 10.1. The van der Waals surface area contributed by atoms with Crippen LogP contribution in [0.5, 0.6) is 0 Å². The van der Waals surface area contributed by atoms with Crippen LogP contribution in [0.15, 0.2) is 18.2 Å². The number of hydrogen-bond donors (Lipinski definition) is 1. The molecule has 1 aliphatic heterocycles. The number of benzene rings is 1. The van der Waals surface area contributed by atoms with Gasteiger partial charge in [0.2, 0.25) is 0 Å². The van der Waals surface area contributed by atoms with Gasteiger partial charge < -0.3 is 10.1 Å². The van der Waals surface area contributed by atoms with Crippen molar-refractivity contribution in [2.24, 2.45) is 0 Å². The van der Waals surface area contributed by atoms with Crippen LogP contribution < -0.4 is 5.32 Å². The highest BCUT2D eigenvalue weighted by molar-refractivity contribution is 14.1. The van der Waals surface area contributed by atoms with Crippen LogP contribution in [0, 0.1) is 3.57 Å². The van der Waals surface area contributed by atoms with E-state index >= 15 is 0 Å². The number of carbonyl (C=O) groups excluding carboxylic acids is 1. The highest BCUT2D eigenvalue weighted by atomic mass is 127. The minimum absolute atomic E-state index is 0. The summed E-state index contributed by atoms with van der Waals surface area (Å²) in [6.07, 6.45) is 0. The summed E-state index contributed by atoms with van der Waals surface area (Å²) in [7, 11) is 0. The van der Waals surface area contributed by atoms with E-state index in [1.54, 1.807) is 0 Å². The van der Waals surface area contributed by atoms with Crippen LogP contribution in [0.2, 0.25) is 0 Å². The Morgan fingerprint density at radius 1 is 1.52 bits per heavy atom. The molecular formula is C15H22ClIN2O2. The summed E-state index contributed by atoms with van der Waals surface area (Å²) in [5, 5.41) is 3.44. The average molecular weight is 425 g/mol. The van der Waals surface area contributed by atoms with E-state index in [0.717, 1.165) is 29.7 Å². The van der Waals surface area contributed by atoms with Gasteiger partial charge in [-0.2, -0.15) is 0 Å². The van der Waals surface area contributed by atoms with Crippen LogP contribution >= 0.6 is 35.0 Å². The molecule has 2 rings (SSSR count). The Bertz CT molecular complexity index is 485. The molecule has 21 heavy (non-hydrogen) atoms. The zero-order chi connectivity index (χ0) is 14.5. The molecule has 4 nitrogen and oxygen atoms in total. The molecule has 1 saturated heterocycles. The molecule has 1 atom stereocenters. The number of esters is 1. The van der Waals surface area contributed by atoms with Crippen molar-refractivity contribution in [3.8, 4) is 0 Å². The molecule has 1 heterocycles. The van der Waals surface area contributed by atoms with Gasteiger partial charge in [-0.1, -0.05) is 12.1 Å². The molecule has 0 aromatic heterocycles. The van der Waals surface area contributed by atoms with E-state index in [1.807, 2.05) is 19.1 Å². The number of piperazine rings is 1. The lowest BCUT2D eigenvalue weighted by Crippen LogP contribution is -2.48. The van der Waals surface area contributed by atoms with E-state index in [-0.39, 0.29) is 18.4 Å². The van der Waals surface area contributed by atoms with Crippen LogP contribution in [0.4, 0.5) is 0 Å². The number of carbonyl (C=O) groups is 1. The number of halogens is 2. The summed E-state index contributed by atoms with van der Waals surface area (Å²) in [5.74, 6) is -0.229. The van der Waals surface area contributed by atoms with Crippen molar-refractivity contribution in [2.75, 3.05) is 26.2 Å². The molecule has 0 spiro atoms. The standard InChI is InChI=1S/C15H21IN2O2.ClH/c1-3-20-15(19)13-6-4-5-12(14(13)16)10-18-8-7-17-11(2)9-18;/h4-6,11,17H,3,7-10H2,1-2H3;1H/t11-;/m0./s1. The highest BCUT2D eigenvalue weighted by Crippen LogP contribution is 2.20. The van der Waals surface area contributed by atoms with E-state index in [0.29, 0.717) is 18.2 Å². The Morgan fingerprint density at radius 2 is 2.29 bits per heavy atom. The van der Waals surface area contributed by atoms with E-state index in [9.17, 15) is 4.79 Å². The highest BCUT2D eigenvalue weighted by Gasteiger charge is 2.19. The van der Waals surface area contributed by atoms with Gasteiger partial charge in [-0.25, -0.2) is 4.79 Å². The third-order valence-corrected chi connectivity index (χ3v) is 4.69. The molecule has 0 saturated carbocycles. The van der Waals surface area contributed by atoms with Gasteiger partial charge in [0.15, 0.2) is 0 Å². The second-order valence-electron chi connectivity index (χ2n) is 5.09. The summed E-state index contributed by atoms with van der Waals surface area (Å²) >= 11 is 2.25. The van der Waals surface area contributed by atoms with Crippen LogP contribution in [0.25, 0.3) is 0 Å². The lowest BCUT2D eigenvalue weighted by Gasteiger charge is -2.32. The van der Waals surface area contributed by atoms with Crippen LogP contribution in [0.1, 0.15) is 29.8 Å². The van der Waals surface area contributed by atoms with E-state index in [2.05, 4.69) is 45.8 Å². The van der Waals surface area contributed by atoms with E-state index in [1.165, 1.54) is 5.56 Å². The molecule has 1 aromatic rings. The Balaban J connectivity index is 0.00000220. The second-order valence-corrected chi connectivity index (χ2v) is 6.17. The summed E-state index contributed by atoms with van der Waals surface area (Å²) in [4.78, 5) is 14.3. The average Bonchev–Trinajstić information content (AvgIpc) is 2.41. The molecule has 0 unspecified atom stereocenters. The fraction of sp³-hybridized carbons (Fsp3) is 0.533. The lowest BCUT2D eigenvalue weighted by molar-refractivity contribution is 0.0524. The van der Waals surface area contributed by atoms with Crippen molar-refractivity contribution in [1.29, 1.82) is 0 Å². The van der Waals surface area contributed by atoms with Gasteiger partial charge in [-0.3, -0.25) is 4.90 Å². The molecule has 1 fully saturated rings. The van der Waals surface area contributed by atoms with E-state index < -0.39 is 0 Å². The molecule has 0 radical (unpaired) electrons. The van der Waals surface area contributed by atoms with Gasteiger partial charge in [-0.15, -0.1) is 12.4 Å². The van der Waals surface area contributed by atoms with E-state index in [4.69, 9.17) is 4.74 Å². The molecule has 1 aromatic carbocycles. The maximum Gasteiger partial charge on any atom is 0.339 e. The number of nitrogens with one attached hydrogen (secondary N) is 1. The van der Waals surface area contributed by atoms with Crippen molar-refractivity contribution in [3.05, 3.63) is 32.9 Å². The maximum absolute atomic E-state index is 11.9. The van der Waals surface area contributed by atoms with Gasteiger partial charge in [-0.05, 0) is 48.1 Å². The summed E-state index contributed by atoms with van der Waals surface area (Å²) in [6, 6.07) is 6.39. The molecule has 0 aliphatic carbocycles. The van der Waals surface area contributed by atoms with Crippen molar-refractivity contribution < 1.29 is 9.53 Å². The van der Waals surface area contributed by atoms with Crippen molar-refractivity contribution >= 4 is 41.0 Å². The number of hydrogen-bond acceptors (Lipinski definition) is 4. The largest absolute Gasteiger partial charge is 0.462 e. The molecule has 118 valence electrons. The van der Waals surface area contributed by atoms with Crippen LogP contribution in [-0.2, 0) is 11.3 Å². The minimum atomic E-state index is -0.229. The Morgan fingerprint density at radius 3 is 2.95 bits per heavy atom. The zero-order valence-electron chi connectivity index (χ0n) is 12.4. The van der Waals surface area contributed by atoms with Gasteiger partial charge in [0.05, 0.1) is 12.2 Å². The maximum atomic E-state index is 11.9. The first-order valence-electron chi connectivity index (χ1n) is 7.02. The van der Waals surface area contributed by atoms with Gasteiger partial charge >= 0.3 is 5.97 Å². The summed E-state index contributed by atoms with van der Waals surface area (Å²) < 4.78 is 6.11. The molecule has 6 heteroatoms. The van der Waals surface area contributed by atoms with Crippen molar-refractivity contribution in [1.82, 2.24) is 10.2 Å². The molecule has 1 N–H and O–H groups in total. The third-order valence-electron chi connectivity index (χ3n) is 3.42. The summed E-state index contributed by atoms with van der Waals surface area (Å²) in [5.41, 5.74) is 1.87. The van der Waals surface area contributed by atoms with Crippen molar-refractivity contribution in [2.45, 2.75) is 26.4 Å². The normalized spacial score (nSPS) is 18.9. The quantitative estimate of drug-likeness (QED) is 0.596. The zero-order valence-corrected chi connectivity index (χ0v) is 15.4. The predicted molar refractivity (Wildman–Crippen MR) is 95.1 cm³/mol. The number of ether oxygens (including phenoxy) is 1.